The van der Waals surface area contributed by atoms with Crippen LogP contribution in [0.25, 0.3) is 16.9 Å². The number of amides is 1. The number of fused-ring (bicyclic) bond motifs is 1. The number of nitrogens with one attached hydrogen (secondary N) is 2. The Morgan fingerprint density at radius 1 is 1.00 bits per heavy atom. The monoisotopic (exact) mass is 471 g/mol. The fourth-order valence-corrected chi connectivity index (χ4v) is 4.57. The quantitative estimate of drug-likeness (QED) is 0.384. The van der Waals surface area contributed by atoms with Gasteiger partial charge in [-0.15, -0.1) is 0 Å². The summed E-state index contributed by atoms with van der Waals surface area (Å²) < 4.78 is 12.8. The van der Waals surface area contributed by atoms with Crippen molar-refractivity contribution < 1.29 is 14.3 Å². The summed E-state index contributed by atoms with van der Waals surface area (Å²) >= 11 is 0. The van der Waals surface area contributed by atoms with E-state index in [0.717, 1.165) is 35.6 Å². The summed E-state index contributed by atoms with van der Waals surface area (Å²) in [6, 6.07) is 13.5. The van der Waals surface area contributed by atoms with Crippen LogP contribution in [0.2, 0.25) is 0 Å². The number of carbonyl (C=O) groups excluding carboxylic acids is 1. The number of hydrogen-bond acceptors (Lipinski definition) is 6. The predicted molar refractivity (Wildman–Crippen MR) is 136 cm³/mol. The summed E-state index contributed by atoms with van der Waals surface area (Å²) in [4.78, 5) is 21.7. The number of anilines is 2. The van der Waals surface area contributed by atoms with Crippen molar-refractivity contribution in [3.8, 4) is 22.8 Å². The lowest BCUT2D eigenvalue weighted by atomic mass is 9.95. The Labute approximate surface area is 204 Å². The second-order valence-electron chi connectivity index (χ2n) is 8.69. The molecule has 0 atom stereocenters. The average Bonchev–Trinajstić information content (AvgIpc) is 3.27. The van der Waals surface area contributed by atoms with Gasteiger partial charge in [-0.2, -0.15) is 0 Å². The Kier molecular flexibility index (Phi) is 6.52. The van der Waals surface area contributed by atoms with Crippen molar-refractivity contribution in [3.05, 3.63) is 66.6 Å². The van der Waals surface area contributed by atoms with Gasteiger partial charge in [0.2, 0.25) is 0 Å². The Hall–Kier alpha value is -4.07. The molecule has 8 nitrogen and oxygen atoms in total. The molecule has 5 rings (SSSR count). The van der Waals surface area contributed by atoms with Crippen LogP contribution in [-0.4, -0.2) is 40.5 Å². The first kappa shape index (κ1) is 22.7. The first-order chi connectivity index (χ1) is 17.2. The summed E-state index contributed by atoms with van der Waals surface area (Å²) in [6.45, 7) is 0. The molecule has 2 heterocycles. The van der Waals surface area contributed by atoms with E-state index in [1.54, 1.807) is 26.6 Å². The van der Waals surface area contributed by atoms with E-state index in [1.807, 2.05) is 53.1 Å². The van der Waals surface area contributed by atoms with Crippen LogP contribution in [0.3, 0.4) is 0 Å². The van der Waals surface area contributed by atoms with Crippen molar-refractivity contribution in [2.45, 2.75) is 38.1 Å². The molecule has 2 aromatic heterocycles. The Morgan fingerprint density at radius 2 is 1.77 bits per heavy atom. The molecule has 1 aliphatic rings. The molecule has 4 aromatic rings. The number of rotatable bonds is 7. The summed E-state index contributed by atoms with van der Waals surface area (Å²) in [7, 11) is 3.22. The maximum Gasteiger partial charge on any atom is 0.251 e. The lowest BCUT2D eigenvalue weighted by Crippen LogP contribution is -2.36. The van der Waals surface area contributed by atoms with Crippen molar-refractivity contribution in [2.24, 2.45) is 0 Å². The van der Waals surface area contributed by atoms with E-state index in [0.29, 0.717) is 22.7 Å². The fraction of sp³-hybridized carbons (Fsp3) is 0.296. The molecule has 35 heavy (non-hydrogen) atoms. The van der Waals surface area contributed by atoms with E-state index < -0.39 is 0 Å². The minimum absolute atomic E-state index is 0.0182. The molecule has 0 spiro atoms. The number of ether oxygens (including phenoxy) is 2. The van der Waals surface area contributed by atoms with Gasteiger partial charge in [0.25, 0.3) is 5.91 Å². The second-order valence-corrected chi connectivity index (χ2v) is 8.69. The van der Waals surface area contributed by atoms with E-state index in [1.165, 1.54) is 19.3 Å². The SMILES string of the molecule is COc1ccc(-c2nc3cnccn3c2Nc2ccc(C(=O)NC3CCCCC3)cc2)cc1OC. The number of carbonyl (C=O) groups is 1. The van der Waals surface area contributed by atoms with Crippen molar-refractivity contribution in [1.29, 1.82) is 0 Å². The van der Waals surface area contributed by atoms with Crippen LogP contribution in [-0.2, 0) is 0 Å². The highest BCUT2D eigenvalue weighted by Gasteiger charge is 2.18. The van der Waals surface area contributed by atoms with Crippen LogP contribution >= 0.6 is 0 Å². The van der Waals surface area contributed by atoms with E-state index >= 15 is 0 Å². The van der Waals surface area contributed by atoms with Gasteiger partial charge in [0.15, 0.2) is 17.1 Å². The van der Waals surface area contributed by atoms with Crippen LogP contribution in [0, 0.1) is 0 Å². The molecule has 1 fully saturated rings. The molecule has 1 aliphatic carbocycles. The first-order valence-corrected chi connectivity index (χ1v) is 11.9. The summed E-state index contributed by atoms with van der Waals surface area (Å²) in [5.41, 5.74) is 3.84. The van der Waals surface area contributed by atoms with Crippen molar-refractivity contribution in [2.75, 3.05) is 19.5 Å². The molecule has 1 saturated carbocycles. The summed E-state index contributed by atoms with van der Waals surface area (Å²) in [5.74, 6) is 2.04. The molecule has 0 bridgehead atoms. The molecule has 0 aliphatic heterocycles. The largest absolute Gasteiger partial charge is 0.493 e. The summed E-state index contributed by atoms with van der Waals surface area (Å²) in [6.07, 6.45) is 11.1. The average molecular weight is 472 g/mol. The van der Waals surface area contributed by atoms with Gasteiger partial charge in [-0.1, -0.05) is 19.3 Å². The van der Waals surface area contributed by atoms with Crippen molar-refractivity contribution in [3.63, 3.8) is 0 Å². The molecule has 1 amide bonds. The normalized spacial score (nSPS) is 14.0. The Bertz CT molecular complexity index is 1330. The molecule has 2 aromatic carbocycles. The molecule has 8 heteroatoms. The third kappa shape index (κ3) is 4.77. The number of imidazole rings is 1. The molecule has 2 N–H and O–H groups in total. The molecule has 0 unspecified atom stereocenters. The second kappa shape index (κ2) is 10.0. The smallest absolute Gasteiger partial charge is 0.251 e. The highest BCUT2D eigenvalue weighted by Crippen LogP contribution is 2.36. The van der Waals surface area contributed by atoms with Gasteiger partial charge in [0.1, 0.15) is 11.5 Å². The van der Waals surface area contributed by atoms with E-state index in [9.17, 15) is 4.79 Å². The first-order valence-electron chi connectivity index (χ1n) is 11.9. The molecular formula is C27H29N5O3. The Morgan fingerprint density at radius 3 is 2.51 bits per heavy atom. The molecular weight excluding hydrogens is 442 g/mol. The van der Waals surface area contributed by atoms with Crippen LogP contribution in [0.1, 0.15) is 42.5 Å². The minimum Gasteiger partial charge on any atom is -0.493 e. The standard InChI is InChI=1S/C27H29N5O3/c1-34-22-13-10-19(16-23(22)35-2)25-26(32-15-14-28-17-24(32)31-25)29-21-11-8-18(9-12-21)27(33)30-20-6-4-3-5-7-20/h8-17,20,29H,3-7H2,1-2H3,(H,30,33). The molecule has 0 radical (unpaired) electrons. The Balaban J connectivity index is 1.42. The molecule has 0 saturated heterocycles. The highest BCUT2D eigenvalue weighted by molar-refractivity contribution is 5.95. The van der Waals surface area contributed by atoms with Crippen LogP contribution < -0.4 is 20.1 Å². The highest BCUT2D eigenvalue weighted by atomic mass is 16.5. The lowest BCUT2D eigenvalue weighted by Gasteiger charge is -2.22. The van der Waals surface area contributed by atoms with E-state index in [4.69, 9.17) is 14.5 Å². The predicted octanol–water partition coefficient (Wildman–Crippen LogP) is 5.22. The number of methoxy groups -OCH3 is 2. The number of nitrogens with zero attached hydrogens (tertiary/aromatic N) is 3. The molecule has 180 valence electrons. The maximum atomic E-state index is 12.7. The van der Waals surface area contributed by atoms with Gasteiger partial charge in [0.05, 0.1) is 20.4 Å². The van der Waals surface area contributed by atoms with E-state index in [2.05, 4.69) is 15.6 Å². The van der Waals surface area contributed by atoms with Gasteiger partial charge in [0, 0.05) is 35.2 Å². The third-order valence-corrected chi connectivity index (χ3v) is 6.44. The van der Waals surface area contributed by atoms with Crippen molar-refractivity contribution in [1.82, 2.24) is 19.7 Å². The minimum atomic E-state index is -0.0182. The van der Waals surface area contributed by atoms with Gasteiger partial charge in [-0.25, -0.2) is 4.98 Å². The zero-order valence-corrected chi connectivity index (χ0v) is 20.0. The topological polar surface area (TPSA) is 89.8 Å². The number of aromatic nitrogens is 3. The van der Waals surface area contributed by atoms with Crippen molar-refractivity contribution >= 4 is 23.1 Å². The summed E-state index contributed by atoms with van der Waals surface area (Å²) in [5, 5.41) is 6.65. The maximum absolute atomic E-state index is 12.7. The van der Waals surface area contributed by atoms with E-state index in [-0.39, 0.29) is 11.9 Å². The fourth-order valence-electron chi connectivity index (χ4n) is 4.57. The van der Waals surface area contributed by atoms with Gasteiger partial charge >= 0.3 is 0 Å². The number of benzene rings is 2. The van der Waals surface area contributed by atoms with Crippen LogP contribution in [0.15, 0.2) is 61.1 Å². The third-order valence-electron chi connectivity index (χ3n) is 6.44. The lowest BCUT2D eigenvalue weighted by molar-refractivity contribution is 0.0927. The van der Waals surface area contributed by atoms with Gasteiger partial charge in [-0.3, -0.25) is 14.2 Å². The van der Waals surface area contributed by atoms with Crippen LogP contribution in [0.4, 0.5) is 11.5 Å². The zero-order valence-electron chi connectivity index (χ0n) is 20.0. The zero-order chi connectivity index (χ0) is 24.2. The van der Waals surface area contributed by atoms with Gasteiger partial charge < -0.3 is 20.1 Å². The van der Waals surface area contributed by atoms with Crippen LogP contribution in [0.5, 0.6) is 11.5 Å². The van der Waals surface area contributed by atoms with Gasteiger partial charge in [-0.05, 0) is 55.3 Å². The number of hydrogen-bond donors (Lipinski definition) is 2.